The van der Waals surface area contributed by atoms with E-state index < -0.39 is 6.36 Å². The van der Waals surface area contributed by atoms with E-state index in [9.17, 15) is 18.3 Å². The number of hydrogen-bond donors (Lipinski definition) is 1. The molecule has 0 aliphatic carbocycles. The minimum Gasteiger partial charge on any atom is -0.492 e. The normalized spacial score (nSPS) is 14.9. The summed E-state index contributed by atoms with van der Waals surface area (Å²) in [5.41, 5.74) is 2.85. The molecule has 1 N–H and O–H groups in total. The lowest BCUT2D eigenvalue weighted by Crippen LogP contribution is -2.38. The molecule has 0 atom stereocenters. The van der Waals surface area contributed by atoms with Crippen molar-refractivity contribution >= 4 is 10.9 Å². The molecular formula is C30H28F3N5O4. The number of aromatic nitrogens is 4. The maximum absolute atomic E-state index is 12.5. The van der Waals surface area contributed by atoms with Gasteiger partial charge in [-0.2, -0.15) is 10.1 Å². The Bertz CT molecular complexity index is 1640. The van der Waals surface area contributed by atoms with Gasteiger partial charge in [0.05, 0.1) is 18.2 Å². The summed E-state index contributed by atoms with van der Waals surface area (Å²) in [4.78, 5) is 6.76. The number of fused-ring (bicyclic) bond motifs is 1. The maximum atomic E-state index is 12.5. The van der Waals surface area contributed by atoms with Gasteiger partial charge in [0.2, 0.25) is 5.82 Å². The van der Waals surface area contributed by atoms with Crippen LogP contribution in [-0.2, 0) is 6.54 Å². The highest BCUT2D eigenvalue weighted by atomic mass is 19.4. The van der Waals surface area contributed by atoms with Gasteiger partial charge in [-0.15, -0.1) is 13.2 Å². The molecule has 6 rings (SSSR count). The molecule has 9 nitrogen and oxygen atoms in total. The Hall–Kier alpha value is -4.42. The predicted molar refractivity (Wildman–Crippen MR) is 148 cm³/mol. The fourth-order valence-electron chi connectivity index (χ4n) is 4.99. The summed E-state index contributed by atoms with van der Waals surface area (Å²) in [7, 11) is 0. The second-order valence-electron chi connectivity index (χ2n) is 10.1. The molecule has 3 aromatic carbocycles. The summed E-state index contributed by atoms with van der Waals surface area (Å²) in [6.45, 7) is 3.60. The fraction of sp³-hybridized carbons (Fsp3) is 0.300. The van der Waals surface area contributed by atoms with E-state index in [1.54, 1.807) is 0 Å². The molecule has 1 aliphatic heterocycles. The van der Waals surface area contributed by atoms with Crippen LogP contribution in [-0.4, -0.2) is 68.6 Å². The number of halogens is 3. The van der Waals surface area contributed by atoms with E-state index in [0.717, 1.165) is 54.7 Å². The fourth-order valence-corrected chi connectivity index (χ4v) is 4.99. The van der Waals surface area contributed by atoms with Crippen LogP contribution in [0.15, 0.2) is 77.3 Å². The van der Waals surface area contributed by atoms with Gasteiger partial charge in [-0.3, -0.25) is 9.58 Å². The standard InChI is InChI=1S/C30H28F3N5O4/c31-30(32,33)41-23-10-8-21(9-11-23)28-34-29(42-36-28)27-25-6-1-2-7-26(25)38(35-27)19-20-4-3-5-24(18-20)40-17-16-37-14-12-22(39)13-15-37/h1-11,18,22,39H,12-17,19H2. The van der Waals surface area contributed by atoms with E-state index in [0.29, 0.717) is 24.4 Å². The van der Waals surface area contributed by atoms with Crippen LogP contribution >= 0.6 is 0 Å². The molecule has 0 bridgehead atoms. The first-order valence-corrected chi connectivity index (χ1v) is 13.6. The number of aliphatic hydroxyl groups excluding tert-OH is 1. The highest BCUT2D eigenvalue weighted by Crippen LogP contribution is 2.30. The molecule has 0 amide bonds. The summed E-state index contributed by atoms with van der Waals surface area (Å²) in [6.07, 6.45) is -3.36. The largest absolute Gasteiger partial charge is 0.573 e. The topological polar surface area (TPSA) is 98.7 Å². The monoisotopic (exact) mass is 579 g/mol. The van der Waals surface area contributed by atoms with Crippen molar-refractivity contribution in [2.45, 2.75) is 31.9 Å². The number of para-hydroxylation sites is 1. The van der Waals surface area contributed by atoms with Gasteiger partial charge in [-0.05, 0) is 60.9 Å². The summed E-state index contributed by atoms with van der Waals surface area (Å²) >= 11 is 0. The van der Waals surface area contributed by atoms with Gasteiger partial charge < -0.3 is 19.1 Å². The molecule has 2 aromatic heterocycles. The highest BCUT2D eigenvalue weighted by molar-refractivity contribution is 5.91. The third-order valence-corrected chi connectivity index (χ3v) is 7.10. The van der Waals surface area contributed by atoms with E-state index in [2.05, 4.69) is 19.8 Å². The van der Waals surface area contributed by atoms with Gasteiger partial charge >= 0.3 is 6.36 Å². The average molecular weight is 580 g/mol. The van der Waals surface area contributed by atoms with Crippen LogP contribution in [0.2, 0.25) is 0 Å². The molecule has 1 aliphatic rings. The number of aliphatic hydroxyl groups is 1. The first kappa shape index (κ1) is 27.7. The summed E-state index contributed by atoms with van der Waals surface area (Å²) < 4.78 is 54.8. The Balaban J connectivity index is 1.17. The van der Waals surface area contributed by atoms with Crippen LogP contribution in [0.1, 0.15) is 18.4 Å². The SMILES string of the molecule is OC1CCN(CCOc2cccc(Cn3nc(-c4nc(-c5ccc(OC(F)(F)F)cc5)no4)c4ccccc43)c2)CC1. The number of likely N-dealkylation sites (tertiary alicyclic amines) is 1. The van der Waals surface area contributed by atoms with Crippen molar-refractivity contribution in [1.29, 1.82) is 0 Å². The Kier molecular flexibility index (Phi) is 7.81. The summed E-state index contributed by atoms with van der Waals surface area (Å²) in [5.74, 6) is 0.844. The van der Waals surface area contributed by atoms with Gasteiger partial charge in [-0.1, -0.05) is 35.5 Å². The molecule has 0 radical (unpaired) electrons. The molecule has 0 spiro atoms. The van der Waals surface area contributed by atoms with Gasteiger partial charge in [0.1, 0.15) is 18.1 Å². The number of rotatable bonds is 9. The number of piperidine rings is 1. The van der Waals surface area contributed by atoms with E-state index in [-0.39, 0.29) is 23.6 Å². The number of nitrogens with zero attached hydrogens (tertiary/aromatic N) is 5. The first-order chi connectivity index (χ1) is 20.3. The minimum absolute atomic E-state index is 0.192. The van der Waals surface area contributed by atoms with E-state index in [4.69, 9.17) is 14.4 Å². The molecule has 218 valence electrons. The zero-order valence-electron chi connectivity index (χ0n) is 22.5. The number of hydrogen-bond acceptors (Lipinski definition) is 8. The lowest BCUT2D eigenvalue weighted by molar-refractivity contribution is -0.274. The second kappa shape index (κ2) is 11.8. The van der Waals surface area contributed by atoms with Crippen LogP contribution in [0.25, 0.3) is 33.9 Å². The van der Waals surface area contributed by atoms with Crippen LogP contribution in [0.3, 0.4) is 0 Å². The van der Waals surface area contributed by atoms with Gasteiger partial charge in [0, 0.05) is 30.6 Å². The van der Waals surface area contributed by atoms with Crippen molar-refractivity contribution in [3.05, 3.63) is 78.4 Å². The molecule has 5 aromatic rings. The molecule has 1 saturated heterocycles. The minimum atomic E-state index is -4.77. The van der Waals surface area contributed by atoms with Crippen LogP contribution in [0.5, 0.6) is 11.5 Å². The molecular weight excluding hydrogens is 551 g/mol. The number of alkyl halides is 3. The zero-order chi connectivity index (χ0) is 29.1. The lowest BCUT2D eigenvalue weighted by atomic mass is 10.1. The molecule has 0 saturated carbocycles. The molecule has 0 unspecified atom stereocenters. The van der Waals surface area contributed by atoms with Crippen LogP contribution in [0.4, 0.5) is 13.2 Å². The second-order valence-corrected chi connectivity index (χ2v) is 10.1. The highest BCUT2D eigenvalue weighted by Gasteiger charge is 2.31. The zero-order valence-corrected chi connectivity index (χ0v) is 22.5. The summed E-state index contributed by atoms with van der Waals surface area (Å²) in [6, 6.07) is 20.8. The Morgan fingerprint density at radius 2 is 1.74 bits per heavy atom. The van der Waals surface area contributed by atoms with E-state index in [1.807, 2.05) is 53.2 Å². The average Bonchev–Trinajstić information content (AvgIpc) is 3.60. The predicted octanol–water partition coefficient (Wildman–Crippen LogP) is 5.54. The quantitative estimate of drug-likeness (QED) is 0.243. The maximum Gasteiger partial charge on any atom is 0.573 e. The van der Waals surface area contributed by atoms with E-state index in [1.165, 1.54) is 24.3 Å². The third-order valence-electron chi connectivity index (χ3n) is 7.10. The van der Waals surface area contributed by atoms with Crippen LogP contribution < -0.4 is 9.47 Å². The Labute approximate surface area is 239 Å². The smallest absolute Gasteiger partial charge is 0.492 e. The van der Waals surface area contributed by atoms with E-state index >= 15 is 0 Å². The van der Waals surface area contributed by atoms with Crippen molar-refractivity contribution in [3.63, 3.8) is 0 Å². The van der Waals surface area contributed by atoms with Crippen molar-refractivity contribution < 1.29 is 32.3 Å². The number of ether oxygens (including phenoxy) is 2. The van der Waals surface area contributed by atoms with Crippen molar-refractivity contribution in [2.75, 3.05) is 26.2 Å². The van der Waals surface area contributed by atoms with Gasteiger partial charge in [-0.25, -0.2) is 0 Å². The van der Waals surface area contributed by atoms with Gasteiger partial charge in [0.25, 0.3) is 5.89 Å². The molecule has 12 heteroatoms. The first-order valence-electron chi connectivity index (χ1n) is 13.6. The molecule has 1 fully saturated rings. The van der Waals surface area contributed by atoms with Crippen molar-refractivity contribution in [2.24, 2.45) is 0 Å². The molecule has 42 heavy (non-hydrogen) atoms. The van der Waals surface area contributed by atoms with Crippen molar-refractivity contribution in [3.8, 4) is 34.5 Å². The molecule has 3 heterocycles. The van der Waals surface area contributed by atoms with Gasteiger partial charge in [0.15, 0.2) is 5.69 Å². The third kappa shape index (κ3) is 6.55. The Morgan fingerprint density at radius 3 is 2.52 bits per heavy atom. The van der Waals surface area contributed by atoms with Crippen molar-refractivity contribution in [1.82, 2.24) is 24.8 Å². The Morgan fingerprint density at radius 1 is 0.952 bits per heavy atom. The summed E-state index contributed by atoms with van der Waals surface area (Å²) in [5, 5.41) is 19.3. The number of benzene rings is 3. The lowest BCUT2D eigenvalue weighted by Gasteiger charge is -2.29. The van der Waals surface area contributed by atoms with Crippen LogP contribution in [0, 0.1) is 0 Å².